The molecule has 0 spiro atoms. The zero-order chi connectivity index (χ0) is 22.5. The van der Waals surface area contributed by atoms with E-state index in [1.165, 1.54) is 6.08 Å². The number of hydrogen-bond acceptors (Lipinski definition) is 7. The molecule has 1 aliphatic heterocycles. The van der Waals surface area contributed by atoms with Gasteiger partial charge in [0.2, 0.25) is 5.90 Å². The standard InChI is InChI=1S/C25H19NO6/c1-29-19-12-10-16(11-13-19)24(27)31-22-9-4-3-6-17(22)15-21-25(28)32-23(26-21)18-7-5-8-20(14-18)30-2/h3-15H,1-2H3/b21-15-. The van der Waals surface area contributed by atoms with Gasteiger partial charge in [-0.1, -0.05) is 24.3 Å². The van der Waals surface area contributed by atoms with E-state index in [1.54, 1.807) is 87.0 Å². The molecule has 7 nitrogen and oxygen atoms in total. The normalized spacial score (nSPS) is 14.0. The average Bonchev–Trinajstić information content (AvgIpc) is 3.20. The van der Waals surface area contributed by atoms with Crippen LogP contribution in [0.3, 0.4) is 0 Å². The summed E-state index contributed by atoms with van der Waals surface area (Å²) in [5.74, 6) is 0.587. The number of carbonyl (C=O) groups is 2. The van der Waals surface area contributed by atoms with Gasteiger partial charge in [0.25, 0.3) is 0 Å². The minimum atomic E-state index is -0.598. The van der Waals surface area contributed by atoms with Crippen LogP contribution in [0.1, 0.15) is 21.5 Å². The summed E-state index contributed by atoms with van der Waals surface area (Å²) in [6, 6.07) is 20.5. The quantitative estimate of drug-likeness (QED) is 0.331. The predicted molar refractivity (Wildman–Crippen MR) is 118 cm³/mol. The van der Waals surface area contributed by atoms with Crippen molar-refractivity contribution in [3.8, 4) is 17.2 Å². The molecule has 0 saturated carbocycles. The third-order valence-corrected chi connectivity index (χ3v) is 4.68. The van der Waals surface area contributed by atoms with Crippen molar-refractivity contribution < 1.29 is 28.5 Å². The van der Waals surface area contributed by atoms with Crippen LogP contribution in [0.25, 0.3) is 6.08 Å². The molecular weight excluding hydrogens is 410 g/mol. The Bertz CT molecular complexity index is 1230. The van der Waals surface area contributed by atoms with Gasteiger partial charge < -0.3 is 18.9 Å². The number of cyclic esters (lactones) is 1. The Hall–Kier alpha value is -4.39. The van der Waals surface area contributed by atoms with Crippen molar-refractivity contribution in [3.63, 3.8) is 0 Å². The number of aliphatic imine (C=N–C) groups is 1. The number of nitrogens with zero attached hydrogens (tertiary/aromatic N) is 1. The molecule has 0 amide bonds. The fraction of sp³-hybridized carbons (Fsp3) is 0.0800. The topological polar surface area (TPSA) is 83.4 Å². The third kappa shape index (κ3) is 4.52. The van der Waals surface area contributed by atoms with Gasteiger partial charge in [-0.25, -0.2) is 14.6 Å². The van der Waals surface area contributed by atoms with Crippen LogP contribution in [0.15, 0.2) is 83.5 Å². The molecule has 1 aliphatic rings. The maximum Gasteiger partial charge on any atom is 0.363 e. The summed E-state index contributed by atoms with van der Waals surface area (Å²) in [7, 11) is 3.10. The van der Waals surface area contributed by atoms with Gasteiger partial charge in [-0.15, -0.1) is 0 Å². The van der Waals surface area contributed by atoms with Crippen molar-refractivity contribution in [2.75, 3.05) is 14.2 Å². The number of benzene rings is 3. The van der Waals surface area contributed by atoms with Gasteiger partial charge >= 0.3 is 11.9 Å². The largest absolute Gasteiger partial charge is 0.497 e. The highest BCUT2D eigenvalue weighted by Gasteiger charge is 2.25. The molecule has 160 valence electrons. The molecule has 0 atom stereocenters. The Labute approximate surface area is 184 Å². The zero-order valence-electron chi connectivity index (χ0n) is 17.4. The summed E-state index contributed by atoms with van der Waals surface area (Å²) >= 11 is 0. The lowest BCUT2D eigenvalue weighted by molar-refractivity contribution is -0.129. The molecule has 32 heavy (non-hydrogen) atoms. The fourth-order valence-electron chi connectivity index (χ4n) is 3.01. The molecular formula is C25H19NO6. The monoisotopic (exact) mass is 429 g/mol. The van der Waals surface area contributed by atoms with Crippen LogP contribution in [0.5, 0.6) is 17.2 Å². The lowest BCUT2D eigenvalue weighted by Crippen LogP contribution is -2.09. The van der Waals surface area contributed by atoms with Crippen molar-refractivity contribution in [1.29, 1.82) is 0 Å². The zero-order valence-corrected chi connectivity index (χ0v) is 17.4. The maximum absolute atomic E-state index is 12.6. The van der Waals surface area contributed by atoms with Crippen LogP contribution in [-0.2, 0) is 9.53 Å². The van der Waals surface area contributed by atoms with Crippen molar-refractivity contribution in [2.45, 2.75) is 0 Å². The summed E-state index contributed by atoms with van der Waals surface area (Å²) < 4.78 is 21.2. The summed E-state index contributed by atoms with van der Waals surface area (Å²) in [5.41, 5.74) is 1.58. The summed E-state index contributed by atoms with van der Waals surface area (Å²) in [5, 5.41) is 0. The first-order chi connectivity index (χ1) is 15.6. The minimum absolute atomic E-state index is 0.0933. The molecule has 1 heterocycles. The molecule has 0 bridgehead atoms. The van der Waals surface area contributed by atoms with E-state index in [1.807, 2.05) is 0 Å². The summed E-state index contributed by atoms with van der Waals surface area (Å²) in [6.45, 7) is 0. The van der Waals surface area contributed by atoms with E-state index in [9.17, 15) is 9.59 Å². The Morgan fingerprint density at radius 3 is 2.41 bits per heavy atom. The van der Waals surface area contributed by atoms with E-state index in [-0.39, 0.29) is 11.6 Å². The molecule has 0 unspecified atom stereocenters. The number of esters is 2. The summed E-state index contributed by atoms with van der Waals surface area (Å²) in [4.78, 5) is 29.2. The summed E-state index contributed by atoms with van der Waals surface area (Å²) in [6.07, 6.45) is 1.52. The second-order valence-electron chi connectivity index (χ2n) is 6.72. The van der Waals surface area contributed by atoms with Gasteiger partial charge in [0, 0.05) is 11.1 Å². The second kappa shape index (κ2) is 9.18. The van der Waals surface area contributed by atoms with E-state index < -0.39 is 11.9 Å². The first kappa shape index (κ1) is 20.9. The van der Waals surface area contributed by atoms with E-state index in [2.05, 4.69) is 4.99 Å². The molecule has 7 heteroatoms. The highest BCUT2D eigenvalue weighted by molar-refractivity contribution is 6.13. The SMILES string of the molecule is COc1ccc(C(=O)Oc2ccccc2/C=C2\N=C(c3cccc(OC)c3)OC2=O)cc1. The van der Waals surface area contributed by atoms with Crippen LogP contribution in [0, 0.1) is 0 Å². The van der Waals surface area contributed by atoms with E-state index in [0.717, 1.165) is 0 Å². The first-order valence-electron chi connectivity index (χ1n) is 9.69. The van der Waals surface area contributed by atoms with E-state index in [4.69, 9.17) is 18.9 Å². The van der Waals surface area contributed by atoms with Crippen molar-refractivity contribution in [1.82, 2.24) is 0 Å². The van der Waals surface area contributed by atoms with Crippen molar-refractivity contribution in [2.24, 2.45) is 4.99 Å². The number of carbonyl (C=O) groups excluding carboxylic acids is 2. The molecule has 0 fully saturated rings. The van der Waals surface area contributed by atoms with Crippen LogP contribution < -0.4 is 14.2 Å². The van der Waals surface area contributed by atoms with E-state index >= 15 is 0 Å². The molecule has 0 saturated heterocycles. The van der Waals surface area contributed by atoms with Gasteiger partial charge in [0.05, 0.1) is 19.8 Å². The lowest BCUT2D eigenvalue weighted by Gasteiger charge is -2.08. The van der Waals surface area contributed by atoms with Crippen molar-refractivity contribution >= 4 is 23.9 Å². The Morgan fingerprint density at radius 1 is 0.906 bits per heavy atom. The number of methoxy groups -OCH3 is 2. The highest BCUT2D eigenvalue weighted by Crippen LogP contribution is 2.26. The molecule has 3 aromatic carbocycles. The van der Waals surface area contributed by atoms with Gasteiger partial charge in [-0.3, -0.25) is 0 Å². The average molecular weight is 429 g/mol. The Morgan fingerprint density at radius 2 is 1.66 bits per heavy atom. The van der Waals surface area contributed by atoms with Crippen molar-refractivity contribution in [3.05, 3.63) is 95.2 Å². The first-order valence-corrected chi connectivity index (χ1v) is 9.69. The molecule has 0 aliphatic carbocycles. The Kier molecular flexibility index (Phi) is 5.98. The molecule has 0 radical (unpaired) electrons. The molecule has 0 N–H and O–H groups in total. The number of ether oxygens (including phenoxy) is 4. The van der Waals surface area contributed by atoms with Crippen LogP contribution in [0.4, 0.5) is 0 Å². The Balaban J connectivity index is 1.59. The fourth-order valence-corrected chi connectivity index (χ4v) is 3.01. The van der Waals surface area contributed by atoms with Gasteiger partial charge in [-0.2, -0.15) is 0 Å². The van der Waals surface area contributed by atoms with Crippen LogP contribution in [-0.4, -0.2) is 32.1 Å². The lowest BCUT2D eigenvalue weighted by atomic mass is 10.1. The van der Waals surface area contributed by atoms with E-state index in [0.29, 0.717) is 33.9 Å². The van der Waals surface area contributed by atoms with Gasteiger partial charge in [-0.05, 0) is 54.6 Å². The smallest absolute Gasteiger partial charge is 0.363 e. The second-order valence-corrected chi connectivity index (χ2v) is 6.72. The highest BCUT2D eigenvalue weighted by atomic mass is 16.6. The third-order valence-electron chi connectivity index (χ3n) is 4.68. The van der Waals surface area contributed by atoms with Crippen LogP contribution in [0.2, 0.25) is 0 Å². The number of rotatable bonds is 6. The van der Waals surface area contributed by atoms with Crippen LogP contribution >= 0.6 is 0 Å². The molecule has 0 aromatic heterocycles. The maximum atomic E-state index is 12.6. The number of para-hydroxylation sites is 1. The minimum Gasteiger partial charge on any atom is -0.497 e. The number of hydrogen-bond donors (Lipinski definition) is 0. The molecule has 3 aromatic rings. The van der Waals surface area contributed by atoms with Gasteiger partial charge in [0.1, 0.15) is 17.2 Å². The predicted octanol–water partition coefficient (Wildman–Crippen LogP) is 4.27. The van der Waals surface area contributed by atoms with Gasteiger partial charge in [0.15, 0.2) is 5.70 Å². The molecule has 4 rings (SSSR count).